The highest BCUT2D eigenvalue weighted by Gasteiger charge is 2.13. The van der Waals surface area contributed by atoms with E-state index < -0.39 is 0 Å². The Morgan fingerprint density at radius 1 is 1.17 bits per heavy atom. The third-order valence-corrected chi connectivity index (χ3v) is 7.21. The van der Waals surface area contributed by atoms with Crippen LogP contribution in [0.2, 0.25) is 0 Å². The molecule has 10 heteroatoms. The van der Waals surface area contributed by atoms with Gasteiger partial charge >= 0.3 is 0 Å². The van der Waals surface area contributed by atoms with Gasteiger partial charge in [0, 0.05) is 16.8 Å². The molecule has 5 aromatic rings. The van der Waals surface area contributed by atoms with Crippen LogP contribution in [0.15, 0.2) is 55.3 Å². The maximum Gasteiger partial charge on any atom is 0.294 e. The number of thioether (sulfide) groups is 1. The minimum absolute atomic E-state index is 0.257. The maximum atomic E-state index is 12.4. The van der Waals surface area contributed by atoms with Crippen molar-refractivity contribution in [3.63, 3.8) is 0 Å². The zero-order valence-electron chi connectivity index (χ0n) is 15.0. The molecular weight excluding hydrogens is 426 g/mol. The van der Waals surface area contributed by atoms with Crippen molar-refractivity contribution in [1.29, 1.82) is 0 Å². The number of aromatic amines is 1. The molecule has 7 nitrogen and oxygen atoms in total. The number of nitrogens with zero attached hydrogens (tertiary/aromatic N) is 3. The van der Waals surface area contributed by atoms with Crippen molar-refractivity contribution in [2.45, 2.75) is 16.5 Å². The molecule has 146 valence electrons. The molecule has 0 aliphatic carbocycles. The van der Waals surface area contributed by atoms with Crippen LogP contribution >= 0.6 is 34.4 Å². The molecule has 0 aliphatic rings. The van der Waals surface area contributed by atoms with Crippen LogP contribution in [0.1, 0.15) is 10.7 Å². The third-order valence-electron chi connectivity index (χ3n) is 4.25. The van der Waals surface area contributed by atoms with E-state index in [4.69, 9.17) is 4.42 Å². The number of rotatable bonds is 7. The predicted octanol–water partition coefficient (Wildman–Crippen LogP) is 4.53. The van der Waals surface area contributed by atoms with E-state index >= 15 is 0 Å². The monoisotopic (exact) mass is 441 g/mol. The lowest BCUT2D eigenvalue weighted by atomic mass is 10.2. The lowest BCUT2D eigenvalue weighted by molar-refractivity contribution is 0.660. The minimum Gasteiger partial charge on any atom is -0.449 e. The molecule has 0 unspecified atom stereocenters. The summed E-state index contributed by atoms with van der Waals surface area (Å²) in [7, 11) is 0. The average molecular weight is 442 g/mol. The second kappa shape index (κ2) is 7.97. The van der Waals surface area contributed by atoms with E-state index in [1.54, 1.807) is 11.3 Å². The van der Waals surface area contributed by atoms with Crippen LogP contribution in [0.4, 0.5) is 5.13 Å². The Morgan fingerprint density at radius 2 is 2.10 bits per heavy atom. The number of furan rings is 1. The number of aromatic nitrogens is 4. The number of anilines is 1. The van der Waals surface area contributed by atoms with E-state index in [1.807, 2.05) is 24.3 Å². The molecule has 0 atom stereocenters. The Hall–Kier alpha value is -2.69. The zero-order valence-corrected chi connectivity index (χ0v) is 17.5. The third kappa shape index (κ3) is 3.91. The average Bonchev–Trinajstić information content (AvgIpc) is 3.47. The molecule has 0 fully saturated rings. The lowest BCUT2D eigenvalue weighted by Gasteiger charge is -1.99. The summed E-state index contributed by atoms with van der Waals surface area (Å²) in [4.78, 5) is 21.1. The van der Waals surface area contributed by atoms with Gasteiger partial charge in [-0.1, -0.05) is 41.3 Å². The molecule has 0 saturated carbocycles. The first-order chi connectivity index (χ1) is 14.3. The second-order valence-corrected chi connectivity index (χ2v) is 9.44. The van der Waals surface area contributed by atoms with Gasteiger partial charge in [0.2, 0.25) is 10.7 Å². The molecule has 4 aromatic heterocycles. The normalized spacial score (nSPS) is 11.4. The van der Waals surface area contributed by atoms with E-state index in [9.17, 15) is 4.79 Å². The van der Waals surface area contributed by atoms with Crippen LogP contribution in [0.5, 0.6) is 0 Å². The number of hydrogen-bond donors (Lipinski definition) is 2. The largest absolute Gasteiger partial charge is 0.449 e. The summed E-state index contributed by atoms with van der Waals surface area (Å²) >= 11 is 4.74. The SMILES string of the molecule is O=c1[nH]c(CSc2nnc(NCCc3cccs3)s2)nc2c1oc1ccccc12. The first-order valence-electron chi connectivity index (χ1n) is 8.89. The van der Waals surface area contributed by atoms with Crippen molar-refractivity contribution < 1.29 is 4.42 Å². The molecule has 0 bridgehead atoms. The Labute approximate surface area is 177 Å². The molecule has 0 amide bonds. The summed E-state index contributed by atoms with van der Waals surface area (Å²) < 4.78 is 6.45. The summed E-state index contributed by atoms with van der Waals surface area (Å²) in [6, 6.07) is 11.7. The topological polar surface area (TPSA) is 96.7 Å². The number of H-pyrrole nitrogens is 1. The van der Waals surface area contributed by atoms with E-state index in [2.05, 4.69) is 43.0 Å². The first kappa shape index (κ1) is 18.3. The molecule has 0 radical (unpaired) electrons. The number of para-hydroxylation sites is 1. The van der Waals surface area contributed by atoms with Gasteiger partial charge in [-0.3, -0.25) is 4.79 Å². The van der Waals surface area contributed by atoms with Gasteiger partial charge in [-0.25, -0.2) is 4.98 Å². The van der Waals surface area contributed by atoms with Crippen molar-refractivity contribution in [2.24, 2.45) is 0 Å². The Morgan fingerprint density at radius 3 is 3.00 bits per heavy atom. The van der Waals surface area contributed by atoms with Crippen LogP contribution in [0, 0.1) is 0 Å². The fraction of sp³-hybridized carbons (Fsp3) is 0.158. The Kier molecular flexibility index (Phi) is 5.04. The second-order valence-electron chi connectivity index (χ2n) is 6.21. The molecule has 0 aliphatic heterocycles. The summed E-state index contributed by atoms with van der Waals surface area (Å²) in [6.45, 7) is 0.818. The summed E-state index contributed by atoms with van der Waals surface area (Å²) in [6.07, 6.45) is 0.962. The number of thiophene rings is 1. The minimum atomic E-state index is -0.269. The van der Waals surface area contributed by atoms with Crippen LogP contribution in [0.3, 0.4) is 0 Å². The van der Waals surface area contributed by atoms with Gasteiger partial charge in [-0.2, -0.15) is 0 Å². The number of nitrogens with one attached hydrogen (secondary N) is 2. The van der Waals surface area contributed by atoms with Gasteiger partial charge in [-0.15, -0.1) is 21.5 Å². The fourth-order valence-electron chi connectivity index (χ4n) is 2.93. The molecule has 0 spiro atoms. The lowest BCUT2D eigenvalue weighted by Crippen LogP contribution is -2.10. The van der Waals surface area contributed by atoms with Gasteiger partial charge in [0.1, 0.15) is 16.9 Å². The smallest absolute Gasteiger partial charge is 0.294 e. The van der Waals surface area contributed by atoms with Crippen LogP contribution in [-0.2, 0) is 12.2 Å². The molecule has 4 heterocycles. The van der Waals surface area contributed by atoms with Crippen molar-refractivity contribution in [3.05, 3.63) is 62.8 Å². The number of hydrogen-bond acceptors (Lipinski definition) is 9. The fourth-order valence-corrected chi connectivity index (χ4v) is 5.29. The predicted molar refractivity (Wildman–Crippen MR) is 118 cm³/mol. The van der Waals surface area contributed by atoms with Crippen molar-refractivity contribution >= 4 is 61.6 Å². The number of fused-ring (bicyclic) bond motifs is 3. The van der Waals surface area contributed by atoms with E-state index in [0.29, 0.717) is 22.7 Å². The van der Waals surface area contributed by atoms with Crippen LogP contribution < -0.4 is 10.9 Å². The van der Waals surface area contributed by atoms with Crippen molar-refractivity contribution in [3.8, 4) is 0 Å². The summed E-state index contributed by atoms with van der Waals surface area (Å²) in [5.41, 5.74) is 1.24. The van der Waals surface area contributed by atoms with Crippen molar-refractivity contribution in [2.75, 3.05) is 11.9 Å². The van der Waals surface area contributed by atoms with Gasteiger partial charge in [-0.05, 0) is 30.0 Å². The van der Waals surface area contributed by atoms with Gasteiger partial charge < -0.3 is 14.7 Å². The maximum absolute atomic E-state index is 12.4. The molecule has 29 heavy (non-hydrogen) atoms. The molecular formula is C19H15N5O2S3. The Bertz CT molecular complexity index is 1320. The van der Waals surface area contributed by atoms with E-state index in [0.717, 1.165) is 27.8 Å². The highest BCUT2D eigenvalue weighted by molar-refractivity contribution is 8.00. The van der Waals surface area contributed by atoms with Gasteiger partial charge in [0.05, 0.1) is 5.75 Å². The highest BCUT2D eigenvalue weighted by atomic mass is 32.2. The van der Waals surface area contributed by atoms with E-state index in [1.165, 1.54) is 28.0 Å². The summed E-state index contributed by atoms with van der Waals surface area (Å²) in [5.74, 6) is 1.08. The standard InChI is InChI=1S/C19H15N5O2S3/c25-17-16-15(12-5-1-2-6-13(12)26-16)21-14(22-17)10-28-19-24-23-18(29-19)20-8-7-11-4-3-9-27-11/h1-6,9H,7-8,10H2,(H,20,23)(H,21,22,25). The highest BCUT2D eigenvalue weighted by Crippen LogP contribution is 2.29. The van der Waals surface area contributed by atoms with Crippen LogP contribution in [0.25, 0.3) is 22.1 Å². The van der Waals surface area contributed by atoms with Crippen LogP contribution in [-0.4, -0.2) is 26.7 Å². The number of benzene rings is 1. The Balaban J connectivity index is 1.26. The van der Waals surface area contributed by atoms with Gasteiger partial charge in [0.15, 0.2) is 4.34 Å². The zero-order chi connectivity index (χ0) is 19.6. The van der Waals surface area contributed by atoms with E-state index in [-0.39, 0.29) is 11.1 Å². The molecule has 5 rings (SSSR count). The van der Waals surface area contributed by atoms with Crippen molar-refractivity contribution in [1.82, 2.24) is 20.2 Å². The quantitative estimate of drug-likeness (QED) is 0.358. The summed E-state index contributed by atoms with van der Waals surface area (Å²) in [5, 5.41) is 15.4. The molecule has 1 aromatic carbocycles. The molecule has 0 saturated heterocycles. The van der Waals surface area contributed by atoms with Gasteiger partial charge in [0.25, 0.3) is 5.56 Å². The molecule has 2 N–H and O–H groups in total. The first-order valence-corrected chi connectivity index (χ1v) is 11.6.